The minimum absolute atomic E-state index is 0.344. The van der Waals surface area contributed by atoms with Gasteiger partial charge in [-0.1, -0.05) is 0 Å². The number of nitrogens with zero attached hydrogens (tertiary/aromatic N) is 1. The fourth-order valence-corrected chi connectivity index (χ4v) is 3.45. The van der Waals surface area contributed by atoms with Crippen molar-refractivity contribution >= 4 is 37.6 Å². The zero-order valence-corrected chi connectivity index (χ0v) is 12.9. The third-order valence-electron chi connectivity index (χ3n) is 2.24. The van der Waals surface area contributed by atoms with Gasteiger partial charge in [-0.3, -0.25) is 9.78 Å². The Morgan fingerprint density at radius 2 is 2.10 bits per heavy atom. The van der Waals surface area contributed by atoms with Crippen molar-refractivity contribution < 1.29 is 23.1 Å². The van der Waals surface area contributed by atoms with Crippen LogP contribution in [-0.2, 0) is 25.2 Å². The number of pyridine rings is 1. The molecule has 1 unspecified atom stereocenters. The van der Waals surface area contributed by atoms with Crippen LogP contribution in [0.25, 0.3) is 0 Å². The molecule has 1 aromatic heterocycles. The molecule has 1 heterocycles. The number of aliphatic carboxylic acids is 1. The second kappa shape index (κ2) is 6.80. The molecule has 1 amide bonds. The summed E-state index contributed by atoms with van der Waals surface area (Å²) in [5, 5.41) is 11.0. The Bertz CT molecular complexity index is 617. The molecule has 0 saturated heterocycles. The second-order valence-electron chi connectivity index (χ2n) is 4.16. The summed E-state index contributed by atoms with van der Waals surface area (Å²) in [4.78, 5) is 25.6. The van der Waals surface area contributed by atoms with Crippen LogP contribution in [0.5, 0.6) is 0 Å². The third kappa shape index (κ3) is 5.66. The average molecular weight is 365 g/mol. The summed E-state index contributed by atoms with van der Waals surface area (Å²) in [6, 6.07) is 0.122. The van der Waals surface area contributed by atoms with Gasteiger partial charge in [0, 0.05) is 23.8 Å². The Morgan fingerprint density at radius 3 is 2.60 bits per heavy atom. The van der Waals surface area contributed by atoms with E-state index in [-0.39, 0.29) is 5.75 Å². The molecule has 0 aliphatic rings. The first-order chi connectivity index (χ1) is 9.19. The van der Waals surface area contributed by atoms with Crippen LogP contribution in [0.3, 0.4) is 0 Å². The van der Waals surface area contributed by atoms with E-state index in [0.29, 0.717) is 10.0 Å². The van der Waals surface area contributed by atoms with E-state index in [1.807, 2.05) is 0 Å². The Labute approximate surface area is 124 Å². The third-order valence-corrected chi connectivity index (χ3v) is 4.29. The molecule has 110 valence electrons. The number of rotatable bonds is 6. The largest absolute Gasteiger partial charge is 0.480 e. The molecule has 0 aliphatic heterocycles. The van der Waals surface area contributed by atoms with Gasteiger partial charge in [0.2, 0.25) is 5.91 Å². The van der Waals surface area contributed by atoms with Gasteiger partial charge in [0.15, 0.2) is 9.84 Å². The van der Waals surface area contributed by atoms with Gasteiger partial charge < -0.3 is 10.4 Å². The van der Waals surface area contributed by atoms with Gasteiger partial charge in [-0.15, -0.1) is 0 Å². The minimum Gasteiger partial charge on any atom is -0.480 e. The highest BCUT2D eigenvalue weighted by atomic mass is 79.9. The summed E-state index contributed by atoms with van der Waals surface area (Å²) >= 11 is 3.17. The topological polar surface area (TPSA) is 113 Å². The highest BCUT2D eigenvalue weighted by Crippen LogP contribution is 2.13. The van der Waals surface area contributed by atoms with Crippen molar-refractivity contribution in [1.82, 2.24) is 10.3 Å². The summed E-state index contributed by atoms with van der Waals surface area (Å²) in [5.74, 6) is -3.01. The predicted octanol–water partition coefficient (Wildman–Crippen LogP) is 0.348. The molecule has 0 fully saturated rings. The van der Waals surface area contributed by atoms with Crippen LogP contribution in [0, 0.1) is 0 Å². The van der Waals surface area contributed by atoms with Crippen molar-refractivity contribution in [1.29, 1.82) is 0 Å². The number of carbonyl (C=O) groups is 2. The number of nitrogens with one attached hydrogen (secondary N) is 1. The molecule has 0 bridgehead atoms. The lowest BCUT2D eigenvalue weighted by molar-refractivity contribution is -0.140. The van der Waals surface area contributed by atoms with Crippen molar-refractivity contribution in [2.45, 2.75) is 18.7 Å². The van der Waals surface area contributed by atoms with E-state index in [2.05, 4.69) is 26.2 Å². The molecule has 0 spiro atoms. The summed E-state index contributed by atoms with van der Waals surface area (Å²) in [6.45, 7) is 1.13. The number of carboxylic acids is 1. The summed E-state index contributed by atoms with van der Waals surface area (Å²) < 4.78 is 24.5. The number of aromatic nitrogens is 1. The van der Waals surface area contributed by atoms with E-state index in [1.165, 1.54) is 12.4 Å². The number of halogens is 1. The lowest BCUT2D eigenvalue weighted by atomic mass is 10.3. The van der Waals surface area contributed by atoms with E-state index >= 15 is 0 Å². The molecule has 0 radical (unpaired) electrons. The van der Waals surface area contributed by atoms with Crippen LogP contribution in [-0.4, -0.2) is 42.2 Å². The fraction of sp³-hybridized carbons (Fsp3) is 0.364. The van der Waals surface area contributed by atoms with Gasteiger partial charge >= 0.3 is 5.97 Å². The molecule has 7 nitrogen and oxygen atoms in total. The normalized spacial score (nSPS) is 12.7. The van der Waals surface area contributed by atoms with Crippen LogP contribution >= 0.6 is 15.9 Å². The van der Waals surface area contributed by atoms with Gasteiger partial charge in [0.25, 0.3) is 0 Å². The molecule has 2 N–H and O–H groups in total. The first-order valence-electron chi connectivity index (χ1n) is 5.49. The van der Waals surface area contributed by atoms with Crippen molar-refractivity contribution in [2.24, 2.45) is 0 Å². The van der Waals surface area contributed by atoms with Gasteiger partial charge in [-0.05, 0) is 27.6 Å². The lowest BCUT2D eigenvalue weighted by Gasteiger charge is -2.13. The number of hydrogen-bond donors (Lipinski definition) is 2. The van der Waals surface area contributed by atoms with Crippen molar-refractivity contribution in [3.05, 3.63) is 28.5 Å². The smallest absolute Gasteiger partial charge is 0.327 e. The summed E-state index contributed by atoms with van der Waals surface area (Å²) in [5.41, 5.74) is 0.436. The van der Waals surface area contributed by atoms with Crippen molar-refractivity contribution in [2.75, 3.05) is 5.75 Å². The van der Waals surface area contributed by atoms with Crippen LogP contribution in [0.15, 0.2) is 22.9 Å². The first-order valence-corrected chi connectivity index (χ1v) is 8.11. The van der Waals surface area contributed by atoms with Gasteiger partial charge in [-0.25, -0.2) is 13.2 Å². The Morgan fingerprint density at radius 1 is 1.45 bits per heavy atom. The maximum Gasteiger partial charge on any atom is 0.327 e. The highest BCUT2D eigenvalue weighted by molar-refractivity contribution is 9.10. The van der Waals surface area contributed by atoms with E-state index in [9.17, 15) is 18.0 Å². The van der Waals surface area contributed by atoms with Crippen molar-refractivity contribution in [3.8, 4) is 0 Å². The number of amides is 1. The van der Waals surface area contributed by atoms with E-state index in [4.69, 9.17) is 5.11 Å². The molecule has 9 heteroatoms. The Hall–Kier alpha value is -1.48. The highest BCUT2D eigenvalue weighted by Gasteiger charge is 2.26. The lowest BCUT2D eigenvalue weighted by Crippen LogP contribution is -2.44. The molecule has 0 aliphatic carbocycles. The minimum atomic E-state index is -3.70. The number of hydrogen-bond acceptors (Lipinski definition) is 5. The van der Waals surface area contributed by atoms with E-state index in [1.54, 1.807) is 6.07 Å². The second-order valence-corrected chi connectivity index (χ2v) is 7.18. The fourth-order valence-electron chi connectivity index (χ4n) is 1.52. The van der Waals surface area contributed by atoms with Crippen LogP contribution < -0.4 is 5.32 Å². The van der Waals surface area contributed by atoms with Crippen molar-refractivity contribution in [3.63, 3.8) is 0 Å². The van der Waals surface area contributed by atoms with E-state index in [0.717, 1.165) is 6.92 Å². The first kappa shape index (κ1) is 16.6. The maximum absolute atomic E-state index is 11.9. The molecular weight excluding hydrogens is 352 g/mol. The summed E-state index contributed by atoms with van der Waals surface area (Å²) in [6.07, 6.45) is 2.89. The molecular formula is C11H13BrN2O5S. The number of carbonyl (C=O) groups excluding carboxylic acids is 1. The molecule has 0 saturated carbocycles. The number of sulfone groups is 1. The zero-order chi connectivity index (χ0) is 15.3. The molecule has 1 rings (SSSR count). The standard InChI is InChI=1S/C11H13BrN2O5S/c1-7(15)14-10(11(16)17)6-20(18,19)5-8-2-9(12)4-13-3-8/h2-4,10H,5-6H2,1H3,(H,14,15)(H,16,17). The van der Waals surface area contributed by atoms with Crippen LogP contribution in [0.2, 0.25) is 0 Å². The van der Waals surface area contributed by atoms with Crippen LogP contribution in [0.4, 0.5) is 0 Å². The van der Waals surface area contributed by atoms with Crippen LogP contribution in [0.1, 0.15) is 12.5 Å². The van der Waals surface area contributed by atoms with Gasteiger partial charge in [-0.2, -0.15) is 0 Å². The van der Waals surface area contributed by atoms with E-state index < -0.39 is 33.5 Å². The average Bonchev–Trinajstić information content (AvgIpc) is 2.26. The number of carboxylic acid groups (broad SMARTS) is 1. The van der Waals surface area contributed by atoms with Gasteiger partial charge in [0.1, 0.15) is 6.04 Å². The predicted molar refractivity (Wildman–Crippen MR) is 74.7 cm³/mol. The maximum atomic E-state index is 11.9. The summed E-state index contributed by atoms with van der Waals surface area (Å²) in [7, 11) is -3.70. The molecule has 1 atom stereocenters. The Kier molecular flexibility index (Phi) is 5.63. The monoisotopic (exact) mass is 364 g/mol. The Balaban J connectivity index is 2.82. The SMILES string of the molecule is CC(=O)NC(CS(=O)(=O)Cc1cncc(Br)c1)C(=O)O. The van der Waals surface area contributed by atoms with Gasteiger partial charge in [0.05, 0.1) is 11.5 Å². The zero-order valence-electron chi connectivity index (χ0n) is 10.5. The quantitative estimate of drug-likeness (QED) is 0.752. The molecule has 1 aromatic rings. The molecule has 0 aromatic carbocycles. The molecule has 20 heavy (non-hydrogen) atoms.